The van der Waals surface area contributed by atoms with Gasteiger partial charge in [0.25, 0.3) is 17.5 Å². The van der Waals surface area contributed by atoms with E-state index in [1.807, 2.05) is 0 Å². The number of carbonyl (C=O) groups excluding carboxylic acids is 2. The molecule has 0 saturated carbocycles. The van der Waals surface area contributed by atoms with Gasteiger partial charge in [-0.1, -0.05) is 36.9 Å². The highest BCUT2D eigenvalue weighted by Gasteiger charge is 2.12. The molecule has 0 aliphatic heterocycles. The second-order valence-electron chi connectivity index (χ2n) is 5.22. The van der Waals surface area contributed by atoms with Gasteiger partial charge in [-0.2, -0.15) is 0 Å². The molecule has 2 aromatic rings. The molecule has 0 bridgehead atoms. The zero-order valence-electron chi connectivity index (χ0n) is 14.3. The van der Waals surface area contributed by atoms with Gasteiger partial charge in [0.1, 0.15) is 12.4 Å². The monoisotopic (exact) mass is 367 g/mol. The second kappa shape index (κ2) is 9.52. The van der Waals surface area contributed by atoms with E-state index in [1.54, 1.807) is 36.4 Å². The summed E-state index contributed by atoms with van der Waals surface area (Å²) in [6.45, 7) is 3.78. The van der Waals surface area contributed by atoms with Gasteiger partial charge >= 0.3 is 0 Å². The predicted molar refractivity (Wildman–Crippen MR) is 99.9 cm³/mol. The first kappa shape index (κ1) is 19.4. The molecule has 2 N–H and O–H groups in total. The number of amides is 2. The minimum Gasteiger partial charge on any atom is -0.489 e. The lowest BCUT2D eigenvalue weighted by molar-refractivity contribution is -0.384. The SMILES string of the molecule is C=CCOc1ccccc1C(=O)NNC(=O)/C=C/c1cccc([N+](=O)[O-])c1. The van der Waals surface area contributed by atoms with Crippen LogP contribution in [0.5, 0.6) is 5.75 Å². The van der Waals surface area contributed by atoms with Crippen LogP contribution in [0.15, 0.2) is 67.3 Å². The van der Waals surface area contributed by atoms with Crippen LogP contribution >= 0.6 is 0 Å². The van der Waals surface area contributed by atoms with Crippen LogP contribution < -0.4 is 15.6 Å². The fraction of sp³-hybridized carbons (Fsp3) is 0.0526. The molecule has 0 spiro atoms. The lowest BCUT2D eigenvalue weighted by Crippen LogP contribution is -2.40. The van der Waals surface area contributed by atoms with Crippen molar-refractivity contribution in [2.75, 3.05) is 6.61 Å². The maximum absolute atomic E-state index is 12.2. The largest absolute Gasteiger partial charge is 0.489 e. The Morgan fingerprint density at radius 3 is 2.67 bits per heavy atom. The maximum Gasteiger partial charge on any atom is 0.273 e. The van der Waals surface area contributed by atoms with E-state index in [4.69, 9.17) is 4.74 Å². The number of hydrogen-bond acceptors (Lipinski definition) is 5. The molecule has 0 aromatic heterocycles. The molecule has 0 saturated heterocycles. The Labute approximate surface area is 155 Å². The van der Waals surface area contributed by atoms with Gasteiger partial charge in [0.15, 0.2) is 0 Å². The molecular formula is C19H17N3O5. The Bertz CT molecular complexity index is 892. The molecule has 0 unspecified atom stereocenters. The average molecular weight is 367 g/mol. The highest BCUT2D eigenvalue weighted by atomic mass is 16.6. The minimum absolute atomic E-state index is 0.0815. The molecule has 0 aliphatic carbocycles. The highest BCUT2D eigenvalue weighted by Crippen LogP contribution is 2.17. The van der Waals surface area contributed by atoms with Crippen molar-refractivity contribution in [1.29, 1.82) is 0 Å². The quantitative estimate of drug-likeness (QED) is 0.338. The number of nitrogens with zero attached hydrogens (tertiary/aromatic N) is 1. The Balaban J connectivity index is 1.95. The number of rotatable bonds is 7. The molecular weight excluding hydrogens is 350 g/mol. The first-order valence-corrected chi connectivity index (χ1v) is 7.87. The molecule has 0 heterocycles. The van der Waals surface area contributed by atoms with Crippen molar-refractivity contribution in [3.63, 3.8) is 0 Å². The van der Waals surface area contributed by atoms with E-state index >= 15 is 0 Å². The molecule has 8 heteroatoms. The molecule has 2 amide bonds. The third kappa shape index (κ3) is 5.82. The van der Waals surface area contributed by atoms with Crippen molar-refractivity contribution < 1.29 is 19.2 Å². The van der Waals surface area contributed by atoms with Crippen LogP contribution in [0.1, 0.15) is 15.9 Å². The number of benzene rings is 2. The fourth-order valence-electron chi connectivity index (χ4n) is 2.07. The Morgan fingerprint density at radius 2 is 1.93 bits per heavy atom. The van der Waals surface area contributed by atoms with Crippen LogP contribution in [-0.4, -0.2) is 23.3 Å². The lowest BCUT2D eigenvalue weighted by Gasteiger charge is -2.10. The maximum atomic E-state index is 12.2. The summed E-state index contributed by atoms with van der Waals surface area (Å²) in [7, 11) is 0. The molecule has 138 valence electrons. The normalized spacial score (nSPS) is 10.2. The van der Waals surface area contributed by atoms with E-state index in [2.05, 4.69) is 17.4 Å². The first-order valence-electron chi connectivity index (χ1n) is 7.87. The number of nitro benzene ring substituents is 1. The van der Waals surface area contributed by atoms with Crippen molar-refractivity contribution in [2.24, 2.45) is 0 Å². The first-order chi connectivity index (χ1) is 13.0. The summed E-state index contributed by atoms with van der Waals surface area (Å²) in [5, 5.41) is 10.7. The van der Waals surface area contributed by atoms with Crippen molar-refractivity contribution in [3.05, 3.63) is 88.5 Å². The van der Waals surface area contributed by atoms with Crippen molar-refractivity contribution in [3.8, 4) is 5.75 Å². The minimum atomic E-state index is -0.598. The number of nitrogens with one attached hydrogen (secondary N) is 2. The van der Waals surface area contributed by atoms with Gasteiger partial charge in [0.05, 0.1) is 10.5 Å². The molecule has 0 aliphatic rings. The topological polar surface area (TPSA) is 111 Å². The number of non-ortho nitro benzene ring substituents is 1. The van der Waals surface area contributed by atoms with E-state index in [-0.39, 0.29) is 17.9 Å². The van der Waals surface area contributed by atoms with E-state index < -0.39 is 16.7 Å². The standard InChI is InChI=1S/C19H17N3O5/c1-2-12-27-17-9-4-3-8-16(17)19(24)21-20-18(23)11-10-14-6-5-7-15(13-14)22(25)26/h2-11,13H,1,12H2,(H,20,23)(H,21,24)/b11-10+. The Kier molecular flexibility index (Phi) is 6.83. The molecule has 0 radical (unpaired) electrons. The van der Waals surface area contributed by atoms with Crippen LogP contribution in [-0.2, 0) is 4.79 Å². The summed E-state index contributed by atoms with van der Waals surface area (Å²) in [6, 6.07) is 12.4. The van der Waals surface area contributed by atoms with Crippen LogP contribution in [0.4, 0.5) is 5.69 Å². The third-order valence-electron chi connectivity index (χ3n) is 3.30. The number of nitro groups is 1. The molecule has 8 nitrogen and oxygen atoms in total. The number of hydrazine groups is 1. The zero-order valence-corrected chi connectivity index (χ0v) is 14.3. The van der Waals surface area contributed by atoms with Crippen molar-refractivity contribution in [1.82, 2.24) is 10.9 Å². The molecule has 2 rings (SSSR count). The molecule has 0 fully saturated rings. The fourth-order valence-corrected chi connectivity index (χ4v) is 2.07. The molecule has 0 atom stereocenters. The van der Waals surface area contributed by atoms with Gasteiger partial charge in [0, 0.05) is 18.2 Å². The Hall–Kier alpha value is -3.94. The summed E-state index contributed by atoms with van der Waals surface area (Å²) in [6.07, 6.45) is 4.10. The van der Waals surface area contributed by atoms with E-state index in [1.165, 1.54) is 24.3 Å². The summed E-state index contributed by atoms with van der Waals surface area (Å²) < 4.78 is 5.39. The van der Waals surface area contributed by atoms with Gasteiger partial charge in [-0.15, -0.1) is 0 Å². The highest BCUT2D eigenvalue weighted by molar-refractivity contribution is 5.99. The lowest BCUT2D eigenvalue weighted by atomic mass is 10.2. The van der Waals surface area contributed by atoms with E-state index in [0.29, 0.717) is 11.3 Å². The zero-order chi connectivity index (χ0) is 19.6. The number of para-hydroxylation sites is 1. The summed E-state index contributed by atoms with van der Waals surface area (Å²) in [4.78, 5) is 34.2. The van der Waals surface area contributed by atoms with Gasteiger partial charge in [-0.3, -0.25) is 30.6 Å². The Morgan fingerprint density at radius 1 is 1.15 bits per heavy atom. The van der Waals surface area contributed by atoms with Crippen LogP contribution in [0.2, 0.25) is 0 Å². The van der Waals surface area contributed by atoms with E-state index in [0.717, 1.165) is 6.08 Å². The van der Waals surface area contributed by atoms with Crippen molar-refractivity contribution >= 4 is 23.6 Å². The predicted octanol–water partition coefficient (Wildman–Crippen LogP) is 2.63. The number of carbonyl (C=O) groups is 2. The smallest absolute Gasteiger partial charge is 0.273 e. The molecule has 27 heavy (non-hydrogen) atoms. The summed E-state index contributed by atoms with van der Waals surface area (Å²) >= 11 is 0. The van der Waals surface area contributed by atoms with Crippen LogP contribution in [0, 0.1) is 10.1 Å². The van der Waals surface area contributed by atoms with Gasteiger partial charge < -0.3 is 4.74 Å². The average Bonchev–Trinajstić information content (AvgIpc) is 2.69. The van der Waals surface area contributed by atoms with Crippen molar-refractivity contribution in [2.45, 2.75) is 0 Å². The molecule has 2 aromatic carbocycles. The van der Waals surface area contributed by atoms with Gasteiger partial charge in [-0.25, -0.2) is 0 Å². The van der Waals surface area contributed by atoms with Gasteiger partial charge in [-0.05, 0) is 23.8 Å². The number of hydrogen-bond donors (Lipinski definition) is 2. The third-order valence-corrected chi connectivity index (χ3v) is 3.30. The van der Waals surface area contributed by atoms with Gasteiger partial charge in [0.2, 0.25) is 0 Å². The number of ether oxygens (including phenoxy) is 1. The van der Waals surface area contributed by atoms with E-state index in [9.17, 15) is 19.7 Å². The second-order valence-corrected chi connectivity index (χ2v) is 5.22. The van der Waals surface area contributed by atoms with Crippen LogP contribution in [0.3, 0.4) is 0 Å². The van der Waals surface area contributed by atoms with Crippen LogP contribution in [0.25, 0.3) is 6.08 Å². The summed E-state index contributed by atoms with van der Waals surface area (Å²) in [5.74, 6) is -0.789. The summed E-state index contributed by atoms with van der Waals surface area (Å²) in [5.41, 5.74) is 5.17.